The van der Waals surface area contributed by atoms with Crippen molar-refractivity contribution < 1.29 is 4.79 Å². The summed E-state index contributed by atoms with van der Waals surface area (Å²) in [5.41, 5.74) is 0.482. The molecule has 1 aromatic heterocycles. The first-order valence-electron chi connectivity index (χ1n) is 6.01. The minimum Gasteiger partial charge on any atom is -0.336 e. The molecule has 0 spiro atoms. The van der Waals surface area contributed by atoms with Crippen LogP contribution >= 0.6 is 0 Å². The number of urea groups is 1. The van der Waals surface area contributed by atoms with Gasteiger partial charge in [-0.25, -0.2) is 9.48 Å². The second-order valence-corrected chi connectivity index (χ2v) is 4.43. The second-order valence-electron chi connectivity index (χ2n) is 4.43. The summed E-state index contributed by atoms with van der Waals surface area (Å²) in [7, 11) is 0. The minimum atomic E-state index is -0.350. The van der Waals surface area contributed by atoms with Gasteiger partial charge in [0.2, 0.25) is 0 Å². The van der Waals surface area contributed by atoms with Crippen LogP contribution in [-0.4, -0.2) is 21.9 Å². The zero-order chi connectivity index (χ0) is 13.8. The standard InChI is InChI=1S/C13H16N4O2/c1-9(2)14-13(19)15-11-8-12(18)17(16-11)10-6-4-3-5-7-10/h3-9,16H,1-2H3,(H2,14,15,19). The molecule has 0 unspecified atom stereocenters. The van der Waals surface area contributed by atoms with Crippen LogP contribution in [0.15, 0.2) is 41.2 Å². The number of nitrogens with zero attached hydrogens (tertiary/aromatic N) is 1. The SMILES string of the molecule is CC(C)NC(=O)Nc1cc(=O)n(-c2ccccc2)[nH]1. The summed E-state index contributed by atoms with van der Waals surface area (Å²) in [5, 5.41) is 8.09. The number of H-pyrrole nitrogens is 1. The number of nitrogens with one attached hydrogen (secondary N) is 3. The topological polar surface area (TPSA) is 78.9 Å². The van der Waals surface area contributed by atoms with Crippen molar-refractivity contribution in [2.75, 3.05) is 5.32 Å². The largest absolute Gasteiger partial charge is 0.336 e. The van der Waals surface area contributed by atoms with Gasteiger partial charge in [-0.2, -0.15) is 0 Å². The number of hydrogen-bond acceptors (Lipinski definition) is 2. The lowest BCUT2D eigenvalue weighted by molar-refractivity contribution is 0.250. The predicted molar refractivity (Wildman–Crippen MR) is 73.7 cm³/mol. The number of amides is 2. The van der Waals surface area contributed by atoms with E-state index in [2.05, 4.69) is 15.7 Å². The highest BCUT2D eigenvalue weighted by atomic mass is 16.2. The van der Waals surface area contributed by atoms with Gasteiger partial charge in [0.15, 0.2) is 0 Å². The predicted octanol–water partition coefficient (Wildman–Crippen LogP) is 1.70. The molecule has 2 aromatic rings. The molecule has 0 saturated heterocycles. The molecule has 6 heteroatoms. The number of aromatic nitrogens is 2. The molecule has 100 valence electrons. The number of anilines is 1. The molecule has 3 N–H and O–H groups in total. The van der Waals surface area contributed by atoms with Crippen molar-refractivity contribution in [3.63, 3.8) is 0 Å². The Bertz CT molecular complexity index is 613. The van der Waals surface area contributed by atoms with Crippen LogP contribution in [0.4, 0.5) is 10.6 Å². The molecule has 0 radical (unpaired) electrons. The van der Waals surface area contributed by atoms with Gasteiger partial charge in [0.1, 0.15) is 5.82 Å². The lowest BCUT2D eigenvalue weighted by Crippen LogP contribution is -2.34. The fourth-order valence-corrected chi connectivity index (χ4v) is 1.65. The summed E-state index contributed by atoms with van der Waals surface area (Å²) < 4.78 is 1.37. The Morgan fingerprint density at radius 1 is 1.26 bits per heavy atom. The Kier molecular flexibility index (Phi) is 3.70. The molecule has 2 rings (SSSR count). The van der Waals surface area contributed by atoms with E-state index in [1.807, 2.05) is 32.0 Å². The third kappa shape index (κ3) is 3.25. The third-order valence-electron chi connectivity index (χ3n) is 2.40. The Labute approximate surface area is 110 Å². The smallest absolute Gasteiger partial charge is 0.320 e. The van der Waals surface area contributed by atoms with E-state index in [1.165, 1.54) is 10.7 Å². The fourth-order valence-electron chi connectivity index (χ4n) is 1.65. The maximum atomic E-state index is 11.8. The van der Waals surface area contributed by atoms with Gasteiger partial charge < -0.3 is 5.32 Å². The Hall–Kier alpha value is -2.50. The Balaban J connectivity index is 2.18. The van der Waals surface area contributed by atoms with E-state index in [9.17, 15) is 9.59 Å². The first-order valence-corrected chi connectivity index (χ1v) is 6.01. The Morgan fingerprint density at radius 3 is 2.58 bits per heavy atom. The molecule has 2 amide bonds. The van der Waals surface area contributed by atoms with Gasteiger partial charge in [0.05, 0.1) is 5.69 Å². The third-order valence-corrected chi connectivity index (χ3v) is 2.40. The second kappa shape index (κ2) is 5.43. The maximum absolute atomic E-state index is 11.8. The highest BCUT2D eigenvalue weighted by Gasteiger charge is 2.08. The van der Waals surface area contributed by atoms with Gasteiger partial charge in [-0.05, 0) is 26.0 Å². The van der Waals surface area contributed by atoms with Gasteiger partial charge >= 0.3 is 6.03 Å². The lowest BCUT2D eigenvalue weighted by Gasteiger charge is -2.08. The van der Waals surface area contributed by atoms with Crippen LogP contribution in [0, 0.1) is 0 Å². The number of carbonyl (C=O) groups is 1. The molecule has 0 bridgehead atoms. The van der Waals surface area contributed by atoms with E-state index < -0.39 is 0 Å². The number of rotatable bonds is 3. The molecule has 0 atom stereocenters. The molecule has 1 aromatic carbocycles. The van der Waals surface area contributed by atoms with E-state index >= 15 is 0 Å². The number of para-hydroxylation sites is 1. The van der Waals surface area contributed by atoms with Crippen LogP contribution in [0.5, 0.6) is 0 Å². The molecule has 0 aliphatic rings. The minimum absolute atomic E-state index is 0.0305. The van der Waals surface area contributed by atoms with Gasteiger partial charge in [-0.15, -0.1) is 0 Å². The fraction of sp³-hybridized carbons (Fsp3) is 0.231. The molecule has 1 heterocycles. The van der Waals surface area contributed by atoms with Crippen LogP contribution < -0.4 is 16.2 Å². The molecule has 0 aliphatic heterocycles. The van der Waals surface area contributed by atoms with Crippen LogP contribution in [0.3, 0.4) is 0 Å². The highest BCUT2D eigenvalue weighted by molar-refractivity contribution is 5.88. The lowest BCUT2D eigenvalue weighted by atomic mass is 10.3. The average molecular weight is 260 g/mol. The van der Waals surface area contributed by atoms with E-state index in [4.69, 9.17) is 0 Å². The summed E-state index contributed by atoms with van der Waals surface area (Å²) in [5.74, 6) is 0.354. The molecule has 19 heavy (non-hydrogen) atoms. The van der Waals surface area contributed by atoms with Crippen molar-refractivity contribution in [2.45, 2.75) is 19.9 Å². The summed E-state index contributed by atoms with van der Waals surface area (Å²) in [6, 6.07) is 10.2. The zero-order valence-electron chi connectivity index (χ0n) is 10.8. The van der Waals surface area contributed by atoms with E-state index in [1.54, 1.807) is 12.1 Å². The quantitative estimate of drug-likeness (QED) is 0.785. The van der Waals surface area contributed by atoms with E-state index in [-0.39, 0.29) is 17.6 Å². The average Bonchev–Trinajstić information content (AvgIpc) is 2.70. The first kappa shape index (κ1) is 12.9. The van der Waals surface area contributed by atoms with E-state index in [0.717, 1.165) is 0 Å². The number of aromatic amines is 1. The van der Waals surface area contributed by atoms with Crippen LogP contribution in [-0.2, 0) is 0 Å². The zero-order valence-corrected chi connectivity index (χ0v) is 10.8. The van der Waals surface area contributed by atoms with Crippen LogP contribution in [0.25, 0.3) is 5.69 Å². The van der Waals surface area contributed by atoms with Crippen molar-refractivity contribution in [1.82, 2.24) is 15.1 Å². The molecule has 0 saturated carbocycles. The monoisotopic (exact) mass is 260 g/mol. The van der Waals surface area contributed by atoms with Crippen molar-refractivity contribution >= 4 is 11.8 Å². The summed E-state index contributed by atoms with van der Waals surface area (Å²) >= 11 is 0. The molecular formula is C13H16N4O2. The highest BCUT2D eigenvalue weighted by Crippen LogP contribution is 2.05. The molecule has 6 nitrogen and oxygen atoms in total. The van der Waals surface area contributed by atoms with Gasteiger partial charge in [-0.3, -0.25) is 15.2 Å². The number of benzene rings is 1. The van der Waals surface area contributed by atoms with Crippen molar-refractivity contribution in [3.8, 4) is 5.69 Å². The van der Waals surface area contributed by atoms with E-state index in [0.29, 0.717) is 11.5 Å². The van der Waals surface area contributed by atoms with Gasteiger partial charge in [0, 0.05) is 12.1 Å². The molecule has 0 aliphatic carbocycles. The molecule has 0 fully saturated rings. The Morgan fingerprint density at radius 2 is 1.95 bits per heavy atom. The first-order chi connectivity index (χ1) is 9.06. The van der Waals surface area contributed by atoms with Gasteiger partial charge in [-0.1, -0.05) is 18.2 Å². The normalized spacial score (nSPS) is 10.5. The summed E-state index contributed by atoms with van der Waals surface area (Å²) in [6.45, 7) is 3.72. The summed E-state index contributed by atoms with van der Waals surface area (Å²) in [4.78, 5) is 23.3. The number of hydrogen-bond donors (Lipinski definition) is 3. The van der Waals surface area contributed by atoms with Crippen LogP contribution in [0.1, 0.15) is 13.8 Å². The maximum Gasteiger partial charge on any atom is 0.320 e. The number of carbonyl (C=O) groups excluding carboxylic acids is 1. The summed E-state index contributed by atoms with van der Waals surface area (Å²) in [6.07, 6.45) is 0. The van der Waals surface area contributed by atoms with Crippen LogP contribution in [0.2, 0.25) is 0 Å². The van der Waals surface area contributed by atoms with Crippen molar-refractivity contribution in [1.29, 1.82) is 0 Å². The molecular weight excluding hydrogens is 244 g/mol. The van der Waals surface area contributed by atoms with Crippen molar-refractivity contribution in [3.05, 3.63) is 46.8 Å². The van der Waals surface area contributed by atoms with Crippen molar-refractivity contribution in [2.24, 2.45) is 0 Å². The van der Waals surface area contributed by atoms with Gasteiger partial charge in [0.25, 0.3) is 5.56 Å².